The molecule has 0 bridgehead atoms. The van der Waals surface area contributed by atoms with Gasteiger partial charge in [-0.1, -0.05) is 18.2 Å². The largest absolute Gasteiger partial charge is 0.435 e. The number of nitrogens with two attached hydrogens (primary N) is 1. The molecule has 11 heteroatoms. The molecule has 0 fully saturated rings. The second kappa shape index (κ2) is 7.09. The van der Waals surface area contributed by atoms with Gasteiger partial charge in [0.25, 0.3) is 5.91 Å². The van der Waals surface area contributed by atoms with E-state index in [0.29, 0.717) is 6.07 Å². The van der Waals surface area contributed by atoms with Gasteiger partial charge in [0, 0.05) is 11.6 Å². The van der Waals surface area contributed by atoms with Gasteiger partial charge in [0.1, 0.15) is 5.82 Å². The Bertz CT molecular complexity index is 1110. The number of hydrogen-bond acceptors (Lipinski definition) is 4. The fourth-order valence-electron chi connectivity index (χ4n) is 2.36. The SMILES string of the molecule is NS(=O)(=O)c1ccc(-n2nc(C(F)(F)F)cc2NC(=O)c2ccccc2)cc1. The number of nitrogens with zero attached hydrogens (tertiary/aromatic N) is 2. The Morgan fingerprint density at radius 3 is 2.18 bits per heavy atom. The zero-order chi connectivity index (χ0) is 20.5. The molecule has 2 aromatic carbocycles. The highest BCUT2D eigenvalue weighted by Gasteiger charge is 2.35. The molecule has 0 unspecified atom stereocenters. The summed E-state index contributed by atoms with van der Waals surface area (Å²) in [6, 6.07) is 13.3. The van der Waals surface area contributed by atoms with Crippen LogP contribution in [0.2, 0.25) is 0 Å². The van der Waals surface area contributed by atoms with Crippen LogP contribution in [0.25, 0.3) is 5.69 Å². The molecule has 0 spiro atoms. The predicted molar refractivity (Wildman–Crippen MR) is 94.3 cm³/mol. The highest BCUT2D eigenvalue weighted by Crippen LogP contribution is 2.31. The molecular weight excluding hydrogens is 397 g/mol. The predicted octanol–water partition coefficient (Wildman–Crippen LogP) is 2.79. The monoisotopic (exact) mass is 410 g/mol. The summed E-state index contributed by atoms with van der Waals surface area (Å²) in [5, 5.41) is 10.9. The number of alkyl halides is 3. The van der Waals surface area contributed by atoms with Crippen LogP contribution in [0.3, 0.4) is 0 Å². The van der Waals surface area contributed by atoms with Gasteiger partial charge >= 0.3 is 6.18 Å². The van der Waals surface area contributed by atoms with Crippen LogP contribution in [-0.4, -0.2) is 24.1 Å². The smallest absolute Gasteiger partial charge is 0.306 e. The topological polar surface area (TPSA) is 107 Å². The molecular formula is C17H13F3N4O3S. The van der Waals surface area contributed by atoms with Crippen LogP contribution in [-0.2, 0) is 16.2 Å². The summed E-state index contributed by atoms with van der Waals surface area (Å²) < 4.78 is 62.8. The van der Waals surface area contributed by atoms with Crippen molar-refractivity contribution in [2.24, 2.45) is 5.14 Å². The van der Waals surface area contributed by atoms with E-state index in [1.807, 2.05) is 0 Å². The van der Waals surface area contributed by atoms with Crippen molar-refractivity contribution in [1.29, 1.82) is 0 Å². The van der Waals surface area contributed by atoms with Crippen molar-refractivity contribution < 1.29 is 26.4 Å². The molecule has 3 N–H and O–H groups in total. The number of carbonyl (C=O) groups excluding carboxylic acids is 1. The van der Waals surface area contributed by atoms with E-state index in [-0.39, 0.29) is 22.0 Å². The fourth-order valence-corrected chi connectivity index (χ4v) is 2.88. The zero-order valence-electron chi connectivity index (χ0n) is 14.0. The number of rotatable bonds is 4. The number of benzene rings is 2. The number of amides is 1. The van der Waals surface area contributed by atoms with Crippen molar-refractivity contribution in [3.63, 3.8) is 0 Å². The van der Waals surface area contributed by atoms with Crippen molar-refractivity contribution in [2.75, 3.05) is 5.32 Å². The average molecular weight is 410 g/mol. The first kappa shape index (κ1) is 19.6. The van der Waals surface area contributed by atoms with Crippen LogP contribution in [0, 0.1) is 0 Å². The Morgan fingerprint density at radius 1 is 1.04 bits per heavy atom. The highest BCUT2D eigenvalue weighted by molar-refractivity contribution is 7.89. The maximum atomic E-state index is 13.1. The first-order chi connectivity index (χ1) is 13.1. The quantitative estimate of drug-likeness (QED) is 0.690. The van der Waals surface area contributed by atoms with Crippen LogP contribution in [0.15, 0.2) is 65.6 Å². The minimum atomic E-state index is -4.74. The van der Waals surface area contributed by atoms with Crippen LogP contribution in [0.1, 0.15) is 16.1 Å². The summed E-state index contributed by atoms with van der Waals surface area (Å²) in [4.78, 5) is 12.1. The molecule has 146 valence electrons. The van der Waals surface area contributed by atoms with E-state index in [1.165, 1.54) is 24.3 Å². The third kappa shape index (κ3) is 4.21. The minimum Gasteiger partial charge on any atom is -0.306 e. The molecule has 0 saturated heterocycles. The Hall–Kier alpha value is -3.18. The van der Waals surface area contributed by atoms with E-state index in [4.69, 9.17) is 5.14 Å². The van der Waals surface area contributed by atoms with Crippen molar-refractivity contribution in [2.45, 2.75) is 11.1 Å². The summed E-state index contributed by atoms with van der Waals surface area (Å²) in [5.41, 5.74) is -0.869. The second-order valence-corrected chi connectivity index (χ2v) is 7.24. The van der Waals surface area contributed by atoms with Gasteiger partial charge < -0.3 is 5.32 Å². The summed E-state index contributed by atoms with van der Waals surface area (Å²) in [6.07, 6.45) is -4.74. The highest BCUT2D eigenvalue weighted by atomic mass is 32.2. The molecule has 0 atom stereocenters. The lowest BCUT2D eigenvalue weighted by Gasteiger charge is -2.09. The van der Waals surface area contributed by atoms with Crippen LogP contribution >= 0.6 is 0 Å². The average Bonchev–Trinajstić information content (AvgIpc) is 3.06. The van der Waals surface area contributed by atoms with E-state index in [9.17, 15) is 26.4 Å². The van der Waals surface area contributed by atoms with E-state index in [2.05, 4.69) is 10.4 Å². The van der Waals surface area contributed by atoms with Crippen molar-refractivity contribution in [3.8, 4) is 5.69 Å². The molecule has 0 aliphatic rings. The summed E-state index contributed by atoms with van der Waals surface area (Å²) >= 11 is 0. The number of sulfonamides is 1. The first-order valence-corrected chi connectivity index (χ1v) is 9.27. The molecule has 28 heavy (non-hydrogen) atoms. The van der Waals surface area contributed by atoms with Crippen molar-refractivity contribution in [1.82, 2.24) is 9.78 Å². The molecule has 1 amide bonds. The maximum Gasteiger partial charge on any atom is 0.435 e. The van der Waals surface area contributed by atoms with Crippen molar-refractivity contribution in [3.05, 3.63) is 71.9 Å². The standard InChI is InChI=1S/C17H13F3N4O3S/c18-17(19,20)14-10-15(22-16(25)11-4-2-1-3-5-11)24(23-14)12-6-8-13(9-7-12)28(21,26)27/h1-10H,(H,22,25)(H2,21,26,27). The third-order valence-electron chi connectivity index (χ3n) is 3.69. The Kier molecular flexibility index (Phi) is 4.96. The molecule has 0 saturated carbocycles. The van der Waals surface area contributed by atoms with E-state index >= 15 is 0 Å². The minimum absolute atomic E-state index is 0.103. The maximum absolute atomic E-state index is 13.1. The number of nitrogens with one attached hydrogen (secondary N) is 1. The fraction of sp³-hybridized carbons (Fsp3) is 0.0588. The molecule has 3 aromatic rings. The van der Waals surface area contributed by atoms with Gasteiger partial charge in [0.15, 0.2) is 5.69 Å². The molecule has 0 radical (unpaired) electrons. The van der Waals surface area contributed by atoms with Crippen molar-refractivity contribution >= 4 is 21.7 Å². The summed E-state index contributed by atoms with van der Waals surface area (Å²) in [5.74, 6) is -0.860. The first-order valence-electron chi connectivity index (χ1n) is 7.72. The molecule has 1 heterocycles. The molecule has 0 aliphatic heterocycles. The summed E-state index contributed by atoms with van der Waals surface area (Å²) in [7, 11) is -3.96. The zero-order valence-corrected chi connectivity index (χ0v) is 14.8. The van der Waals surface area contributed by atoms with Gasteiger partial charge in [-0.3, -0.25) is 4.79 Å². The van der Waals surface area contributed by atoms with Gasteiger partial charge in [-0.05, 0) is 36.4 Å². The molecule has 0 aliphatic carbocycles. The Morgan fingerprint density at radius 2 is 1.64 bits per heavy atom. The normalized spacial score (nSPS) is 12.0. The molecule has 1 aromatic heterocycles. The number of halogens is 3. The second-order valence-electron chi connectivity index (χ2n) is 5.68. The van der Waals surface area contributed by atoms with E-state index in [1.54, 1.807) is 18.2 Å². The number of carbonyl (C=O) groups is 1. The van der Waals surface area contributed by atoms with Gasteiger partial charge in [0.05, 0.1) is 10.6 Å². The Balaban J connectivity index is 2.02. The van der Waals surface area contributed by atoms with Gasteiger partial charge in [-0.15, -0.1) is 0 Å². The Labute approximate surface area is 157 Å². The van der Waals surface area contributed by atoms with Gasteiger partial charge in [-0.25, -0.2) is 18.2 Å². The lowest BCUT2D eigenvalue weighted by atomic mass is 10.2. The summed E-state index contributed by atoms with van der Waals surface area (Å²) in [6.45, 7) is 0. The number of aromatic nitrogens is 2. The lowest BCUT2D eigenvalue weighted by Crippen LogP contribution is -2.15. The molecule has 3 rings (SSSR count). The van der Waals surface area contributed by atoms with Gasteiger partial charge in [0.2, 0.25) is 10.0 Å². The third-order valence-corrected chi connectivity index (χ3v) is 4.62. The number of anilines is 1. The number of primary sulfonamides is 1. The van der Waals surface area contributed by atoms with Crippen LogP contribution in [0.4, 0.5) is 19.0 Å². The number of hydrogen-bond donors (Lipinski definition) is 2. The molecule has 7 nitrogen and oxygen atoms in total. The van der Waals surface area contributed by atoms with E-state index in [0.717, 1.165) is 16.8 Å². The van der Waals surface area contributed by atoms with Gasteiger partial charge in [-0.2, -0.15) is 18.3 Å². The lowest BCUT2D eigenvalue weighted by molar-refractivity contribution is -0.141. The van der Waals surface area contributed by atoms with Crippen LogP contribution < -0.4 is 10.5 Å². The van der Waals surface area contributed by atoms with E-state index < -0.39 is 27.8 Å². The van der Waals surface area contributed by atoms with Crippen LogP contribution in [0.5, 0.6) is 0 Å².